The molecular formula is C45H38BrF7N4O6S2. The standard InChI is InChI=1S/C25H20F5N3O3S.C20H18BrF2NO3S/c26-18-2-4-21(5-3-18)37(35,36)33-20-10-16(11-20)23(33)22(34)6-1-14-7-15(9-19(27)8-14)17-12-31-24(32-13-17)25(28,29)30;21-14-7-12(8-16(23)11-14)1-6-19(25)20-13-9-17(10-13)24(20)28(26,27)18-4-2-15(22)3-5-18/h2-5,7-9,12-13,16,20,23H,1,6,10-11H2;2-5,7-8,11,13,17,20H,1,6,9-10H2/t16?,20?,23-;/m0./s1. The van der Waals surface area contributed by atoms with Gasteiger partial charge in [0.1, 0.15) is 23.3 Å². The lowest BCUT2D eigenvalue weighted by atomic mass is 9.81. The molecule has 0 radical (unpaired) electrons. The molecule has 20 heteroatoms. The Morgan fingerprint density at radius 3 is 1.42 bits per heavy atom. The van der Waals surface area contributed by atoms with Crippen molar-refractivity contribution in [3.05, 3.63) is 142 Å². The fourth-order valence-corrected chi connectivity index (χ4v) is 13.5. The third-order valence-electron chi connectivity index (χ3n) is 12.3. The molecule has 2 atom stereocenters. The Labute approximate surface area is 378 Å². The summed E-state index contributed by atoms with van der Waals surface area (Å²) >= 11 is 3.23. The highest BCUT2D eigenvalue weighted by molar-refractivity contribution is 9.10. The summed E-state index contributed by atoms with van der Waals surface area (Å²) in [5, 5.41) is 0. The number of halogens is 8. The molecular weight excluding hydrogens is 970 g/mol. The van der Waals surface area contributed by atoms with Crippen molar-refractivity contribution in [1.29, 1.82) is 0 Å². The number of aryl methyl sites for hydroxylation is 2. The van der Waals surface area contributed by atoms with E-state index in [1.165, 1.54) is 57.1 Å². The molecule has 0 spiro atoms. The van der Waals surface area contributed by atoms with Crippen LogP contribution in [-0.4, -0.2) is 71.1 Å². The van der Waals surface area contributed by atoms with Crippen molar-refractivity contribution < 1.29 is 57.2 Å². The van der Waals surface area contributed by atoms with Crippen LogP contribution in [0.5, 0.6) is 0 Å². The van der Waals surface area contributed by atoms with Crippen LogP contribution in [0.3, 0.4) is 0 Å². The number of hydrogen-bond donors (Lipinski definition) is 0. The number of rotatable bonds is 13. The molecule has 11 rings (SSSR count). The minimum atomic E-state index is -4.70. The van der Waals surface area contributed by atoms with Crippen molar-refractivity contribution in [1.82, 2.24) is 18.6 Å². The molecule has 5 heterocycles. The third-order valence-corrected chi connectivity index (χ3v) is 16.7. The molecule has 4 saturated heterocycles. The number of benzene rings is 4. The van der Waals surface area contributed by atoms with E-state index in [2.05, 4.69) is 25.9 Å². The minimum Gasteiger partial charge on any atom is -0.298 e. The van der Waals surface area contributed by atoms with Gasteiger partial charge in [0.25, 0.3) is 0 Å². The molecule has 0 amide bonds. The first-order chi connectivity index (χ1) is 30.7. The SMILES string of the molecule is O=C(CCc1cc(F)cc(-c2cnc(C(F)(F)F)nc2)c1)[C@@H]1C2CC(C2)N1S(=O)(=O)c1ccc(F)cc1.O=C(CCc1cc(F)cc(Br)c1)C1C2CC(C2)N1S(=O)(=O)c1ccc(F)cc1. The summed E-state index contributed by atoms with van der Waals surface area (Å²) in [7, 11) is -7.89. The number of Topliss-reactive ketones (excluding diaryl/α,β-unsaturated/α-hetero) is 2. The molecule has 4 bridgehead atoms. The van der Waals surface area contributed by atoms with Crippen molar-refractivity contribution in [2.75, 3.05) is 0 Å². The summed E-state index contributed by atoms with van der Waals surface area (Å²) in [6.07, 6.45) is 0.179. The van der Waals surface area contributed by atoms with Crippen molar-refractivity contribution >= 4 is 47.5 Å². The van der Waals surface area contributed by atoms with Crippen LogP contribution in [0.1, 0.15) is 55.5 Å². The van der Waals surface area contributed by atoms with E-state index >= 15 is 0 Å². The fraction of sp³-hybridized carbons (Fsp3) is 0.333. The average molecular weight is 1010 g/mol. The zero-order valence-electron chi connectivity index (χ0n) is 33.9. The second-order valence-electron chi connectivity index (χ2n) is 16.6. The van der Waals surface area contributed by atoms with E-state index in [4.69, 9.17) is 0 Å². The molecule has 0 N–H and O–H groups in total. The molecule has 5 aromatic rings. The topological polar surface area (TPSA) is 135 Å². The van der Waals surface area contributed by atoms with E-state index in [1.807, 2.05) is 0 Å². The maximum absolute atomic E-state index is 14.3. The molecule has 10 nitrogen and oxygen atoms in total. The van der Waals surface area contributed by atoms with Gasteiger partial charge in [0.2, 0.25) is 25.9 Å². The zero-order valence-corrected chi connectivity index (χ0v) is 37.2. The smallest absolute Gasteiger partial charge is 0.298 e. The number of carbonyl (C=O) groups is 2. The van der Waals surface area contributed by atoms with Crippen LogP contribution < -0.4 is 0 Å². The van der Waals surface area contributed by atoms with Crippen LogP contribution in [0.15, 0.2) is 112 Å². The summed E-state index contributed by atoms with van der Waals surface area (Å²) in [5.74, 6) is -3.99. The minimum absolute atomic E-state index is 0.00619. The van der Waals surface area contributed by atoms with Crippen LogP contribution in [0.25, 0.3) is 11.1 Å². The van der Waals surface area contributed by atoms with E-state index in [1.54, 1.807) is 6.07 Å². The van der Waals surface area contributed by atoms with Gasteiger partial charge in [-0.05, 0) is 146 Å². The van der Waals surface area contributed by atoms with Gasteiger partial charge in [-0.3, -0.25) is 9.59 Å². The van der Waals surface area contributed by atoms with Crippen LogP contribution >= 0.6 is 15.9 Å². The average Bonchev–Trinajstić information content (AvgIpc) is 4.01. The second kappa shape index (κ2) is 18.1. The molecule has 1 aromatic heterocycles. The Kier molecular flexibility index (Phi) is 13.0. The number of carbonyl (C=O) groups excluding carboxylic acids is 2. The van der Waals surface area contributed by atoms with Crippen LogP contribution in [0.2, 0.25) is 0 Å². The van der Waals surface area contributed by atoms with E-state index in [9.17, 15) is 57.2 Å². The Bertz CT molecular complexity index is 2820. The normalized spacial score (nSPS) is 22.7. The number of aromatic nitrogens is 2. The first kappa shape index (κ1) is 46.6. The monoisotopic (exact) mass is 1010 g/mol. The van der Waals surface area contributed by atoms with E-state index in [-0.39, 0.29) is 81.5 Å². The van der Waals surface area contributed by atoms with Gasteiger partial charge in [-0.15, -0.1) is 0 Å². The highest BCUT2D eigenvalue weighted by atomic mass is 79.9. The summed E-state index contributed by atoms with van der Waals surface area (Å²) in [6.45, 7) is 0. The Hall–Kier alpha value is -4.89. The zero-order chi connectivity index (χ0) is 46.6. The number of ketones is 2. The maximum Gasteiger partial charge on any atom is 0.451 e. The van der Waals surface area contributed by atoms with Crippen molar-refractivity contribution in [3.63, 3.8) is 0 Å². The first-order valence-electron chi connectivity index (χ1n) is 20.5. The molecule has 2 aliphatic carbocycles. The molecule has 2 saturated carbocycles. The molecule has 4 aliphatic heterocycles. The Morgan fingerprint density at radius 1 is 0.585 bits per heavy atom. The maximum atomic E-state index is 14.3. The number of alkyl halides is 3. The number of nitrogens with zero attached hydrogens (tertiary/aromatic N) is 4. The largest absolute Gasteiger partial charge is 0.451 e. The van der Waals surface area contributed by atoms with Crippen molar-refractivity contribution in [2.24, 2.45) is 11.8 Å². The molecule has 65 heavy (non-hydrogen) atoms. The predicted molar refractivity (Wildman–Crippen MR) is 225 cm³/mol. The quantitative estimate of drug-likeness (QED) is 0.107. The fourth-order valence-electron chi connectivity index (χ4n) is 9.19. The molecule has 342 valence electrons. The summed E-state index contributed by atoms with van der Waals surface area (Å²) in [6, 6.07) is 15.4. The van der Waals surface area contributed by atoms with Gasteiger partial charge >= 0.3 is 6.18 Å². The summed E-state index contributed by atoms with van der Waals surface area (Å²) in [5.41, 5.74) is 1.52. The number of sulfonamides is 2. The van der Waals surface area contributed by atoms with Gasteiger partial charge in [-0.1, -0.05) is 22.0 Å². The molecule has 4 aromatic carbocycles. The number of hydrogen-bond acceptors (Lipinski definition) is 8. The van der Waals surface area contributed by atoms with E-state index in [0.717, 1.165) is 42.7 Å². The first-order valence-corrected chi connectivity index (χ1v) is 24.1. The van der Waals surface area contributed by atoms with Crippen LogP contribution in [0.4, 0.5) is 30.7 Å². The van der Waals surface area contributed by atoms with Gasteiger partial charge in [-0.2, -0.15) is 21.8 Å². The van der Waals surface area contributed by atoms with Gasteiger partial charge in [0.05, 0.1) is 21.9 Å². The summed E-state index contributed by atoms with van der Waals surface area (Å²) in [4.78, 5) is 32.6. The molecule has 6 aliphatic rings. The third kappa shape index (κ3) is 9.68. The van der Waals surface area contributed by atoms with Gasteiger partial charge in [0, 0.05) is 47.4 Å². The van der Waals surface area contributed by atoms with E-state index in [0.29, 0.717) is 47.7 Å². The number of fused-ring (bicyclic) bond motifs is 2. The second-order valence-corrected chi connectivity index (χ2v) is 21.2. The van der Waals surface area contributed by atoms with Crippen molar-refractivity contribution in [3.8, 4) is 11.1 Å². The summed E-state index contributed by atoms with van der Waals surface area (Å²) < 4.78 is 148. The predicted octanol–water partition coefficient (Wildman–Crippen LogP) is 8.87. The highest BCUT2D eigenvalue weighted by Crippen LogP contribution is 2.50. The van der Waals surface area contributed by atoms with Crippen LogP contribution in [0, 0.1) is 35.1 Å². The molecule has 1 unspecified atom stereocenters. The van der Waals surface area contributed by atoms with Gasteiger partial charge < -0.3 is 0 Å². The molecule has 6 fully saturated rings. The lowest BCUT2D eigenvalue weighted by molar-refractivity contribution is -0.145. The van der Waals surface area contributed by atoms with E-state index < -0.39 is 61.6 Å². The Morgan fingerprint density at radius 2 is 1.00 bits per heavy atom. The lowest BCUT2D eigenvalue weighted by Gasteiger charge is -2.25. The van der Waals surface area contributed by atoms with Crippen LogP contribution in [-0.2, 0) is 48.7 Å². The lowest BCUT2D eigenvalue weighted by Crippen LogP contribution is -2.41. The van der Waals surface area contributed by atoms with Gasteiger partial charge in [0.15, 0.2) is 11.6 Å². The highest BCUT2D eigenvalue weighted by Gasteiger charge is 2.59. The Balaban J connectivity index is 0.000000184. The van der Waals surface area contributed by atoms with Crippen molar-refractivity contribution in [2.45, 2.75) is 91.5 Å². The van der Waals surface area contributed by atoms with Gasteiger partial charge in [-0.25, -0.2) is 44.4 Å².